The minimum absolute atomic E-state index is 0.0736. The lowest BCUT2D eigenvalue weighted by Crippen LogP contribution is -2.20. The Bertz CT molecular complexity index is 1420. The predicted molar refractivity (Wildman–Crippen MR) is 129 cm³/mol. The van der Waals surface area contributed by atoms with E-state index in [9.17, 15) is 4.79 Å². The molecule has 6 rings (SSSR count). The maximum atomic E-state index is 13.6. The minimum atomic E-state index is -0.218. The number of para-hydroxylation sites is 1. The van der Waals surface area contributed by atoms with Gasteiger partial charge in [0.05, 0.1) is 23.7 Å². The van der Waals surface area contributed by atoms with Crippen molar-refractivity contribution in [2.24, 2.45) is 0 Å². The number of allylic oxidation sites excluding steroid dienone is 1. The third-order valence-electron chi connectivity index (χ3n) is 6.41. The van der Waals surface area contributed by atoms with Crippen molar-refractivity contribution in [2.75, 3.05) is 11.9 Å². The van der Waals surface area contributed by atoms with Crippen LogP contribution in [0.15, 0.2) is 84.4 Å². The maximum Gasteiger partial charge on any atom is 0.192 e. The molecule has 1 N–H and O–H groups in total. The zero-order valence-electron chi connectivity index (χ0n) is 18.5. The van der Waals surface area contributed by atoms with Gasteiger partial charge in [0, 0.05) is 28.2 Å². The molecule has 2 heterocycles. The molecule has 2 aliphatic rings. The fourth-order valence-corrected chi connectivity index (χ4v) is 4.99. The number of carbonyl (C=O) groups excluding carboxylic acids is 1. The van der Waals surface area contributed by atoms with Crippen molar-refractivity contribution in [3.05, 3.63) is 112 Å². The number of aromatic nitrogens is 2. The highest BCUT2D eigenvalue weighted by molar-refractivity contribution is 6.24. The van der Waals surface area contributed by atoms with Crippen molar-refractivity contribution in [3.8, 4) is 11.4 Å². The van der Waals surface area contributed by atoms with Crippen LogP contribution < -0.4 is 10.1 Å². The number of nitrogens with zero attached hydrogens (tertiary/aromatic N) is 2. The average Bonchev–Trinajstić information content (AvgIpc) is 3.34. The summed E-state index contributed by atoms with van der Waals surface area (Å²) in [6.07, 6.45) is 0. The smallest absolute Gasteiger partial charge is 0.192 e. The van der Waals surface area contributed by atoms with E-state index in [2.05, 4.69) is 17.4 Å². The van der Waals surface area contributed by atoms with Crippen LogP contribution in [0.3, 0.4) is 0 Å². The summed E-state index contributed by atoms with van der Waals surface area (Å²) in [5.41, 5.74) is 7.29. The van der Waals surface area contributed by atoms with Gasteiger partial charge in [-0.15, -0.1) is 0 Å². The molecule has 5 heteroatoms. The van der Waals surface area contributed by atoms with Gasteiger partial charge >= 0.3 is 0 Å². The van der Waals surface area contributed by atoms with E-state index in [0.29, 0.717) is 6.61 Å². The SMILES string of the molecule is CCOc1ccc([C@H]2C3=C(Nc4c2c(C)nn4-c2ccccc2)c2ccccc2C3=O)cc1. The molecule has 0 saturated heterocycles. The number of anilines is 1. The highest BCUT2D eigenvalue weighted by Crippen LogP contribution is 2.50. The van der Waals surface area contributed by atoms with Crippen LogP contribution in [0, 0.1) is 6.92 Å². The first-order valence-corrected chi connectivity index (χ1v) is 11.2. The molecular formula is C28H23N3O2. The second-order valence-electron chi connectivity index (χ2n) is 8.32. The van der Waals surface area contributed by atoms with Gasteiger partial charge in [0.2, 0.25) is 0 Å². The third kappa shape index (κ3) is 2.93. The number of hydrogen-bond donors (Lipinski definition) is 1. The molecule has 0 bridgehead atoms. The Morgan fingerprint density at radius 3 is 2.36 bits per heavy atom. The zero-order chi connectivity index (χ0) is 22.5. The summed E-state index contributed by atoms with van der Waals surface area (Å²) in [6.45, 7) is 4.60. The molecule has 1 aliphatic carbocycles. The van der Waals surface area contributed by atoms with Crippen LogP contribution in [0.4, 0.5) is 5.82 Å². The summed E-state index contributed by atoms with van der Waals surface area (Å²) in [5, 5.41) is 8.48. The summed E-state index contributed by atoms with van der Waals surface area (Å²) < 4.78 is 7.60. The first-order valence-electron chi connectivity index (χ1n) is 11.2. The molecular weight excluding hydrogens is 410 g/mol. The number of aryl methyl sites for hydroxylation is 1. The number of hydrogen-bond acceptors (Lipinski definition) is 4. The van der Waals surface area contributed by atoms with E-state index in [1.54, 1.807) is 0 Å². The van der Waals surface area contributed by atoms with Crippen molar-refractivity contribution in [3.63, 3.8) is 0 Å². The highest BCUT2D eigenvalue weighted by Gasteiger charge is 2.42. The average molecular weight is 434 g/mol. The number of nitrogens with one attached hydrogen (secondary N) is 1. The fourth-order valence-electron chi connectivity index (χ4n) is 4.99. The van der Waals surface area contributed by atoms with Gasteiger partial charge in [0.25, 0.3) is 0 Å². The Morgan fingerprint density at radius 1 is 0.939 bits per heavy atom. The number of rotatable bonds is 4. The number of carbonyl (C=O) groups is 1. The first-order chi connectivity index (χ1) is 16.2. The van der Waals surface area contributed by atoms with Crippen molar-refractivity contribution < 1.29 is 9.53 Å². The van der Waals surface area contributed by atoms with Crippen LogP contribution in [-0.2, 0) is 0 Å². The molecule has 0 fully saturated rings. The first kappa shape index (κ1) is 19.6. The molecule has 33 heavy (non-hydrogen) atoms. The zero-order valence-corrected chi connectivity index (χ0v) is 18.5. The monoisotopic (exact) mass is 433 g/mol. The van der Waals surface area contributed by atoms with E-state index in [4.69, 9.17) is 9.84 Å². The molecule has 0 saturated carbocycles. The van der Waals surface area contributed by atoms with Gasteiger partial charge in [-0.1, -0.05) is 54.6 Å². The second kappa shape index (κ2) is 7.48. The number of ether oxygens (including phenoxy) is 1. The molecule has 1 atom stereocenters. The van der Waals surface area contributed by atoms with E-state index in [-0.39, 0.29) is 11.7 Å². The summed E-state index contributed by atoms with van der Waals surface area (Å²) in [5.74, 6) is 1.58. The lowest BCUT2D eigenvalue weighted by atomic mass is 9.81. The van der Waals surface area contributed by atoms with Crippen molar-refractivity contribution >= 4 is 17.3 Å². The van der Waals surface area contributed by atoms with E-state index >= 15 is 0 Å². The topological polar surface area (TPSA) is 56.1 Å². The number of fused-ring (bicyclic) bond motifs is 3. The number of ketones is 1. The summed E-state index contributed by atoms with van der Waals surface area (Å²) in [6, 6.07) is 26.0. The normalized spacial score (nSPS) is 16.2. The van der Waals surface area contributed by atoms with Gasteiger partial charge in [-0.05, 0) is 43.7 Å². The lowest BCUT2D eigenvalue weighted by Gasteiger charge is -2.27. The van der Waals surface area contributed by atoms with Crippen molar-refractivity contribution in [1.82, 2.24) is 9.78 Å². The highest BCUT2D eigenvalue weighted by atomic mass is 16.5. The molecule has 4 aromatic rings. The van der Waals surface area contributed by atoms with E-state index in [1.807, 2.05) is 85.3 Å². The molecule has 0 spiro atoms. The molecule has 0 radical (unpaired) electrons. The quantitative estimate of drug-likeness (QED) is 0.446. The van der Waals surface area contributed by atoms with Gasteiger partial charge < -0.3 is 10.1 Å². The van der Waals surface area contributed by atoms with Crippen molar-refractivity contribution in [1.29, 1.82) is 0 Å². The molecule has 162 valence electrons. The van der Waals surface area contributed by atoms with Gasteiger partial charge in [-0.2, -0.15) is 5.10 Å². The lowest BCUT2D eigenvalue weighted by molar-refractivity contribution is 0.103. The Balaban J connectivity index is 1.59. The number of Topliss-reactive ketones (excluding diaryl/α,β-unsaturated/α-hetero) is 1. The molecule has 0 unspecified atom stereocenters. The summed E-state index contributed by atoms with van der Waals surface area (Å²) in [7, 11) is 0. The Morgan fingerprint density at radius 2 is 1.64 bits per heavy atom. The molecule has 1 aromatic heterocycles. The van der Waals surface area contributed by atoms with E-state index < -0.39 is 0 Å². The summed E-state index contributed by atoms with van der Waals surface area (Å²) in [4.78, 5) is 13.6. The van der Waals surface area contributed by atoms with E-state index in [1.165, 1.54) is 0 Å². The van der Waals surface area contributed by atoms with Gasteiger partial charge in [-0.25, -0.2) is 4.68 Å². The Kier molecular flexibility index (Phi) is 4.44. The van der Waals surface area contributed by atoms with Crippen LogP contribution in [0.25, 0.3) is 11.4 Å². The predicted octanol–water partition coefficient (Wildman–Crippen LogP) is 5.74. The summed E-state index contributed by atoms with van der Waals surface area (Å²) >= 11 is 0. The van der Waals surface area contributed by atoms with Crippen molar-refractivity contribution in [2.45, 2.75) is 19.8 Å². The van der Waals surface area contributed by atoms with Crippen LogP contribution in [0.2, 0.25) is 0 Å². The van der Waals surface area contributed by atoms with Gasteiger partial charge in [-0.3, -0.25) is 4.79 Å². The van der Waals surface area contributed by atoms with E-state index in [0.717, 1.165) is 56.5 Å². The van der Waals surface area contributed by atoms with Gasteiger partial charge in [0.15, 0.2) is 5.78 Å². The maximum absolute atomic E-state index is 13.6. The van der Waals surface area contributed by atoms with Crippen LogP contribution >= 0.6 is 0 Å². The molecule has 5 nitrogen and oxygen atoms in total. The Labute approximate surface area is 192 Å². The molecule has 1 aliphatic heterocycles. The second-order valence-corrected chi connectivity index (χ2v) is 8.32. The molecule has 3 aromatic carbocycles. The standard InChI is InChI=1S/C28H23N3O2/c1-3-33-20-15-13-18(14-16-20)24-23-17(2)30-31(19-9-5-4-6-10-19)28(23)29-26-21-11-7-8-12-22(21)27(32)25(24)26/h4-16,24,29H,3H2,1-2H3/t24-/m1/s1. The molecule has 0 amide bonds. The van der Waals surface area contributed by atoms with Crippen LogP contribution in [-0.4, -0.2) is 22.2 Å². The third-order valence-corrected chi connectivity index (χ3v) is 6.41. The fraction of sp³-hybridized carbons (Fsp3) is 0.143. The number of benzene rings is 3. The van der Waals surface area contributed by atoms with Crippen LogP contribution in [0.1, 0.15) is 45.6 Å². The van der Waals surface area contributed by atoms with Gasteiger partial charge in [0.1, 0.15) is 11.6 Å². The van der Waals surface area contributed by atoms with Crippen LogP contribution in [0.5, 0.6) is 5.75 Å². The minimum Gasteiger partial charge on any atom is -0.494 e. The largest absolute Gasteiger partial charge is 0.494 e. The Hall–Kier alpha value is -4.12.